The molecule has 0 aliphatic carbocycles. The van der Waals surface area contributed by atoms with E-state index in [2.05, 4.69) is 5.16 Å². The number of halogens is 1. The maximum Gasteiger partial charge on any atom is 0.365 e. The van der Waals surface area contributed by atoms with Crippen molar-refractivity contribution in [1.29, 1.82) is 0 Å². The molecule has 2 aromatic carbocycles. The molecule has 6 heteroatoms. The van der Waals surface area contributed by atoms with Crippen LogP contribution in [0.5, 0.6) is 11.5 Å². The van der Waals surface area contributed by atoms with Gasteiger partial charge in [0.05, 0.1) is 26.1 Å². The zero-order valence-corrected chi connectivity index (χ0v) is 14.2. The van der Waals surface area contributed by atoms with Crippen LogP contribution in [-0.4, -0.2) is 31.6 Å². The van der Waals surface area contributed by atoms with E-state index in [-0.39, 0.29) is 5.75 Å². The molecule has 130 valence electrons. The van der Waals surface area contributed by atoms with Gasteiger partial charge in [0.15, 0.2) is 0 Å². The van der Waals surface area contributed by atoms with Gasteiger partial charge in [-0.15, -0.1) is 0 Å². The van der Waals surface area contributed by atoms with Crippen molar-refractivity contribution in [2.75, 3.05) is 14.3 Å². The number of aromatic hydroxyl groups is 1. The quantitative estimate of drug-likeness (QED) is 0.516. The van der Waals surface area contributed by atoms with Gasteiger partial charge in [-0.2, -0.15) is 0 Å². The lowest BCUT2D eigenvalue weighted by molar-refractivity contribution is 0.0519. The van der Waals surface area contributed by atoms with Crippen LogP contribution in [0.3, 0.4) is 0 Å². The first-order valence-electron chi connectivity index (χ1n) is 7.24. The second-order valence-corrected chi connectivity index (χ2v) is 3.93. The monoisotopic (exact) mass is 335 g/mol. The standard InChI is InChI=1S/C15H13NO4.C2H6.CH3F/c1-19-14-8-4-12(5-9-14)15(18)20-16-10-11-2-6-13(17)7-3-11;2*1-2/h2-10,17H,1H3;1-2H3;1H3/b16-10+;;. The van der Waals surface area contributed by atoms with E-state index in [1.54, 1.807) is 43.5 Å². The molecule has 0 aliphatic heterocycles. The van der Waals surface area contributed by atoms with Crippen molar-refractivity contribution in [2.45, 2.75) is 13.8 Å². The van der Waals surface area contributed by atoms with Crippen LogP contribution in [0.2, 0.25) is 0 Å². The normalized spacial score (nSPS) is 9.21. The molecule has 0 bridgehead atoms. The Morgan fingerprint density at radius 2 is 1.58 bits per heavy atom. The van der Waals surface area contributed by atoms with E-state index in [0.717, 1.165) is 0 Å². The van der Waals surface area contributed by atoms with Gasteiger partial charge in [-0.3, -0.25) is 4.39 Å². The molecule has 0 atom stereocenters. The summed E-state index contributed by atoms with van der Waals surface area (Å²) in [6.07, 6.45) is 1.39. The van der Waals surface area contributed by atoms with Gasteiger partial charge in [0, 0.05) is 0 Å². The first-order valence-corrected chi connectivity index (χ1v) is 7.24. The van der Waals surface area contributed by atoms with Crippen LogP contribution in [0, 0.1) is 0 Å². The van der Waals surface area contributed by atoms with Crippen molar-refractivity contribution >= 4 is 12.2 Å². The van der Waals surface area contributed by atoms with Gasteiger partial charge in [-0.1, -0.05) is 19.0 Å². The number of methoxy groups -OCH3 is 1. The molecule has 1 N–H and O–H groups in total. The summed E-state index contributed by atoms with van der Waals surface area (Å²) in [6, 6.07) is 12.9. The Morgan fingerprint density at radius 1 is 1.04 bits per heavy atom. The average Bonchev–Trinajstić information content (AvgIpc) is 2.66. The highest BCUT2D eigenvalue weighted by molar-refractivity contribution is 5.90. The Morgan fingerprint density at radius 3 is 2.08 bits per heavy atom. The van der Waals surface area contributed by atoms with E-state index in [4.69, 9.17) is 14.7 Å². The number of phenolic OH excluding ortho intramolecular Hbond substituents is 1. The number of benzene rings is 2. The maximum absolute atomic E-state index is 11.7. The number of carbonyl (C=O) groups excluding carboxylic acids is 1. The van der Waals surface area contributed by atoms with Crippen LogP contribution in [0.4, 0.5) is 4.39 Å². The number of phenols is 1. The van der Waals surface area contributed by atoms with Crippen LogP contribution in [0.1, 0.15) is 29.8 Å². The Balaban J connectivity index is 0.00000123. The number of oxime groups is 1. The van der Waals surface area contributed by atoms with E-state index < -0.39 is 5.97 Å². The number of hydrogen-bond acceptors (Lipinski definition) is 5. The van der Waals surface area contributed by atoms with Crippen molar-refractivity contribution in [3.63, 3.8) is 0 Å². The van der Waals surface area contributed by atoms with Gasteiger partial charge in [0.2, 0.25) is 0 Å². The Kier molecular flexibility index (Phi) is 11.1. The molecule has 5 nitrogen and oxygen atoms in total. The van der Waals surface area contributed by atoms with E-state index in [0.29, 0.717) is 24.1 Å². The summed E-state index contributed by atoms with van der Waals surface area (Å²) in [5.41, 5.74) is 1.10. The lowest BCUT2D eigenvalue weighted by Gasteiger charge is -2.00. The van der Waals surface area contributed by atoms with Crippen molar-refractivity contribution in [3.8, 4) is 11.5 Å². The summed E-state index contributed by atoms with van der Waals surface area (Å²) in [5.74, 6) is 0.272. The second kappa shape index (κ2) is 12.6. The molecule has 2 aromatic rings. The van der Waals surface area contributed by atoms with Gasteiger partial charge < -0.3 is 14.7 Å². The lowest BCUT2D eigenvalue weighted by atomic mass is 10.2. The molecule has 0 aliphatic rings. The van der Waals surface area contributed by atoms with Crippen LogP contribution in [0.25, 0.3) is 0 Å². The summed E-state index contributed by atoms with van der Waals surface area (Å²) < 4.78 is 14.5. The fourth-order valence-corrected chi connectivity index (χ4v) is 1.48. The number of rotatable bonds is 4. The molecular weight excluding hydrogens is 313 g/mol. The molecule has 0 fully saturated rings. The molecule has 0 heterocycles. The van der Waals surface area contributed by atoms with Crippen LogP contribution in [0.15, 0.2) is 53.7 Å². The minimum atomic E-state index is -0.553. The molecular formula is C18H22FNO4. The largest absolute Gasteiger partial charge is 0.508 e. The van der Waals surface area contributed by atoms with E-state index in [9.17, 15) is 9.18 Å². The SMILES string of the molecule is CC.CF.COc1ccc(C(=O)O/N=C/c2ccc(O)cc2)cc1. The predicted molar refractivity (Wildman–Crippen MR) is 92.5 cm³/mol. The highest BCUT2D eigenvalue weighted by Gasteiger charge is 2.06. The third-order valence-electron chi connectivity index (χ3n) is 2.56. The second-order valence-electron chi connectivity index (χ2n) is 3.93. The number of ether oxygens (including phenoxy) is 1. The Labute approximate surface area is 141 Å². The van der Waals surface area contributed by atoms with Crippen LogP contribution < -0.4 is 4.74 Å². The van der Waals surface area contributed by atoms with Gasteiger partial charge in [0.1, 0.15) is 11.5 Å². The minimum absolute atomic E-state index is 0.164. The third kappa shape index (κ3) is 7.40. The molecule has 0 amide bonds. The molecule has 0 saturated heterocycles. The zero-order chi connectivity index (χ0) is 18.4. The highest BCUT2D eigenvalue weighted by Crippen LogP contribution is 2.12. The average molecular weight is 335 g/mol. The van der Waals surface area contributed by atoms with Crippen molar-refractivity contribution in [2.24, 2.45) is 5.16 Å². The molecule has 0 saturated carbocycles. The number of nitrogens with zero attached hydrogens (tertiary/aromatic N) is 1. The number of carbonyl (C=O) groups is 1. The minimum Gasteiger partial charge on any atom is -0.508 e. The fourth-order valence-electron chi connectivity index (χ4n) is 1.48. The maximum atomic E-state index is 11.7. The first kappa shape index (κ1) is 21.1. The van der Waals surface area contributed by atoms with Crippen LogP contribution in [-0.2, 0) is 4.84 Å². The molecule has 0 spiro atoms. The van der Waals surface area contributed by atoms with Gasteiger partial charge in [-0.25, -0.2) is 4.79 Å². The van der Waals surface area contributed by atoms with Crippen LogP contribution >= 0.6 is 0 Å². The van der Waals surface area contributed by atoms with Crippen molar-refractivity contribution < 1.29 is 23.9 Å². The zero-order valence-electron chi connectivity index (χ0n) is 14.2. The molecule has 24 heavy (non-hydrogen) atoms. The summed E-state index contributed by atoms with van der Waals surface area (Å²) in [4.78, 5) is 16.4. The summed E-state index contributed by atoms with van der Waals surface area (Å²) >= 11 is 0. The molecule has 0 aromatic heterocycles. The molecule has 0 unspecified atom stereocenters. The molecule has 2 rings (SSSR count). The van der Waals surface area contributed by atoms with Gasteiger partial charge in [0.25, 0.3) is 0 Å². The van der Waals surface area contributed by atoms with Gasteiger partial charge >= 0.3 is 5.97 Å². The summed E-state index contributed by atoms with van der Waals surface area (Å²) in [6.45, 7) is 4.00. The Hall–Kier alpha value is -2.89. The topological polar surface area (TPSA) is 68.1 Å². The third-order valence-corrected chi connectivity index (χ3v) is 2.56. The fraction of sp³-hybridized carbons (Fsp3) is 0.222. The first-order chi connectivity index (χ1) is 11.7. The van der Waals surface area contributed by atoms with Crippen molar-refractivity contribution in [1.82, 2.24) is 0 Å². The summed E-state index contributed by atoms with van der Waals surface area (Å²) in [5, 5.41) is 12.7. The molecule has 0 radical (unpaired) electrons. The summed E-state index contributed by atoms with van der Waals surface area (Å²) in [7, 11) is 2.05. The van der Waals surface area contributed by atoms with Gasteiger partial charge in [-0.05, 0) is 54.1 Å². The number of alkyl halides is 1. The van der Waals surface area contributed by atoms with E-state index in [1.165, 1.54) is 18.3 Å². The highest BCUT2D eigenvalue weighted by atomic mass is 19.1. The number of hydrogen-bond donors (Lipinski definition) is 1. The lowest BCUT2D eigenvalue weighted by Crippen LogP contribution is -2.00. The van der Waals surface area contributed by atoms with E-state index >= 15 is 0 Å². The van der Waals surface area contributed by atoms with Crippen molar-refractivity contribution in [3.05, 3.63) is 59.7 Å². The predicted octanol–water partition coefficient (Wildman–Crippen LogP) is 4.20. The smallest absolute Gasteiger partial charge is 0.365 e. The Bertz CT molecular complexity index is 610. The van der Waals surface area contributed by atoms with E-state index in [1.807, 2.05) is 13.8 Å².